The maximum atomic E-state index is 13.4. The minimum atomic E-state index is -0.490. The highest BCUT2D eigenvalue weighted by Crippen LogP contribution is 2.18. The molecule has 4 nitrogen and oxygen atoms in total. The summed E-state index contributed by atoms with van der Waals surface area (Å²) in [7, 11) is 0. The Kier molecular flexibility index (Phi) is 8.00. The smallest absolute Gasteiger partial charge is 0.243 e. The van der Waals surface area contributed by atoms with Crippen LogP contribution in [0.2, 0.25) is 0 Å². The van der Waals surface area contributed by atoms with Gasteiger partial charge < -0.3 is 10.2 Å². The summed E-state index contributed by atoms with van der Waals surface area (Å²) in [6, 6.07) is 13.7. The van der Waals surface area contributed by atoms with E-state index in [1.165, 1.54) is 11.1 Å². The fraction of sp³-hybridized carbons (Fsp3) is 0.440. The van der Waals surface area contributed by atoms with Crippen LogP contribution in [0.1, 0.15) is 55.0 Å². The highest BCUT2D eigenvalue weighted by Gasteiger charge is 2.29. The fourth-order valence-electron chi connectivity index (χ4n) is 3.46. The van der Waals surface area contributed by atoms with E-state index in [4.69, 9.17) is 0 Å². The molecule has 29 heavy (non-hydrogen) atoms. The van der Waals surface area contributed by atoms with Crippen LogP contribution in [0.5, 0.6) is 0 Å². The first-order chi connectivity index (χ1) is 13.7. The molecule has 0 saturated carbocycles. The van der Waals surface area contributed by atoms with Crippen molar-refractivity contribution in [3.05, 3.63) is 70.3 Å². The van der Waals surface area contributed by atoms with Crippen LogP contribution in [0.3, 0.4) is 0 Å². The van der Waals surface area contributed by atoms with E-state index in [-0.39, 0.29) is 17.9 Å². The van der Waals surface area contributed by atoms with Crippen molar-refractivity contribution in [3.63, 3.8) is 0 Å². The number of carbonyl (C=O) groups excluding carboxylic acids is 2. The van der Waals surface area contributed by atoms with Gasteiger partial charge in [0.15, 0.2) is 0 Å². The van der Waals surface area contributed by atoms with Crippen LogP contribution in [0.15, 0.2) is 42.5 Å². The molecule has 2 amide bonds. The number of benzene rings is 2. The molecule has 2 aromatic carbocycles. The summed E-state index contributed by atoms with van der Waals surface area (Å²) in [5.41, 5.74) is 5.55. The number of aryl methyl sites for hydroxylation is 3. The van der Waals surface area contributed by atoms with Crippen LogP contribution in [0.4, 0.5) is 0 Å². The molecule has 1 atom stereocenters. The Bertz CT molecular complexity index is 858. The highest BCUT2D eigenvalue weighted by molar-refractivity contribution is 5.88. The maximum Gasteiger partial charge on any atom is 0.243 e. The zero-order valence-corrected chi connectivity index (χ0v) is 18.6. The lowest BCUT2D eigenvalue weighted by Gasteiger charge is -2.31. The molecule has 0 fully saturated rings. The summed E-state index contributed by atoms with van der Waals surface area (Å²) in [4.78, 5) is 28.0. The van der Waals surface area contributed by atoms with Gasteiger partial charge in [-0.3, -0.25) is 9.59 Å². The Labute approximate surface area is 175 Å². The van der Waals surface area contributed by atoms with Gasteiger partial charge in [-0.15, -0.1) is 0 Å². The zero-order valence-electron chi connectivity index (χ0n) is 18.6. The minimum Gasteiger partial charge on any atom is -0.352 e. The number of rotatable bonds is 8. The van der Waals surface area contributed by atoms with Crippen molar-refractivity contribution in [2.75, 3.05) is 0 Å². The Hall–Kier alpha value is -2.62. The average Bonchev–Trinajstić information content (AvgIpc) is 2.65. The lowest BCUT2D eigenvalue weighted by Crippen LogP contribution is -2.50. The highest BCUT2D eigenvalue weighted by atomic mass is 16.2. The van der Waals surface area contributed by atoms with E-state index >= 15 is 0 Å². The molecule has 0 radical (unpaired) electrons. The van der Waals surface area contributed by atoms with Crippen molar-refractivity contribution in [2.45, 2.75) is 73.0 Å². The van der Waals surface area contributed by atoms with Crippen LogP contribution in [0.25, 0.3) is 0 Å². The van der Waals surface area contributed by atoms with Gasteiger partial charge in [-0.2, -0.15) is 0 Å². The Morgan fingerprint density at radius 1 is 0.966 bits per heavy atom. The van der Waals surface area contributed by atoms with Crippen molar-refractivity contribution < 1.29 is 9.59 Å². The van der Waals surface area contributed by atoms with Crippen LogP contribution in [0, 0.1) is 20.8 Å². The van der Waals surface area contributed by atoms with E-state index in [2.05, 4.69) is 25.2 Å². The second-order valence-electron chi connectivity index (χ2n) is 8.13. The second-order valence-corrected chi connectivity index (χ2v) is 8.13. The van der Waals surface area contributed by atoms with E-state index in [1.54, 1.807) is 4.90 Å². The molecule has 2 aromatic rings. The number of amides is 2. The quantitative estimate of drug-likeness (QED) is 0.717. The largest absolute Gasteiger partial charge is 0.352 e. The summed E-state index contributed by atoms with van der Waals surface area (Å²) < 4.78 is 0. The van der Waals surface area contributed by atoms with Gasteiger partial charge in [0.25, 0.3) is 0 Å². The molecule has 0 saturated heterocycles. The van der Waals surface area contributed by atoms with E-state index in [0.717, 1.165) is 16.7 Å². The summed E-state index contributed by atoms with van der Waals surface area (Å²) in [6.45, 7) is 12.4. The van der Waals surface area contributed by atoms with Gasteiger partial charge in [0.2, 0.25) is 11.8 Å². The SMILES string of the molecule is CC[C@H](C(=O)NC(C)C)N(Cc1ccccc1C)C(=O)Cc1ccc(C)c(C)c1. The third-order valence-corrected chi connectivity index (χ3v) is 5.35. The van der Waals surface area contributed by atoms with E-state index < -0.39 is 6.04 Å². The number of carbonyl (C=O) groups is 2. The second kappa shape index (κ2) is 10.2. The van der Waals surface area contributed by atoms with Crippen LogP contribution in [-0.2, 0) is 22.6 Å². The predicted molar refractivity (Wildman–Crippen MR) is 119 cm³/mol. The van der Waals surface area contributed by atoms with Crippen LogP contribution in [-0.4, -0.2) is 28.8 Å². The summed E-state index contributed by atoms with van der Waals surface area (Å²) in [5.74, 6) is -0.119. The molecule has 0 heterocycles. The molecule has 0 aliphatic rings. The van der Waals surface area contributed by atoms with Gasteiger partial charge in [0, 0.05) is 12.6 Å². The molecule has 0 unspecified atom stereocenters. The van der Waals surface area contributed by atoms with Gasteiger partial charge in [-0.25, -0.2) is 0 Å². The van der Waals surface area contributed by atoms with Gasteiger partial charge in [0.1, 0.15) is 6.04 Å². The molecule has 0 aliphatic heterocycles. The first-order valence-corrected chi connectivity index (χ1v) is 10.4. The maximum absolute atomic E-state index is 13.4. The van der Waals surface area contributed by atoms with Crippen LogP contribution < -0.4 is 5.32 Å². The van der Waals surface area contributed by atoms with Crippen LogP contribution >= 0.6 is 0 Å². The predicted octanol–water partition coefficient (Wildman–Crippen LogP) is 4.49. The van der Waals surface area contributed by atoms with Crippen molar-refractivity contribution >= 4 is 11.8 Å². The Balaban J connectivity index is 2.33. The Morgan fingerprint density at radius 2 is 1.66 bits per heavy atom. The third-order valence-electron chi connectivity index (χ3n) is 5.35. The summed E-state index contributed by atoms with van der Waals surface area (Å²) in [5, 5.41) is 2.98. The standard InChI is InChI=1S/C25H34N2O2/c1-7-23(25(29)26-17(2)3)27(16-22-11-9-8-10-19(22)5)24(28)15-21-13-12-18(4)20(6)14-21/h8-14,17,23H,7,15-16H2,1-6H3,(H,26,29)/t23-/m1/s1. The number of hydrogen-bond acceptors (Lipinski definition) is 2. The van der Waals surface area contributed by atoms with Crippen molar-refractivity contribution in [1.29, 1.82) is 0 Å². The summed E-state index contributed by atoms with van der Waals surface area (Å²) in [6.07, 6.45) is 0.863. The molecule has 0 spiro atoms. The minimum absolute atomic E-state index is 0.0257. The molecule has 0 aliphatic carbocycles. The van der Waals surface area contributed by atoms with E-state index in [1.807, 2.05) is 64.1 Å². The van der Waals surface area contributed by atoms with Gasteiger partial charge in [0.05, 0.1) is 6.42 Å². The fourth-order valence-corrected chi connectivity index (χ4v) is 3.46. The number of nitrogens with zero attached hydrogens (tertiary/aromatic N) is 1. The van der Waals surface area contributed by atoms with Gasteiger partial charge in [-0.1, -0.05) is 49.4 Å². The zero-order chi connectivity index (χ0) is 21.6. The molecular weight excluding hydrogens is 360 g/mol. The first-order valence-electron chi connectivity index (χ1n) is 10.4. The van der Waals surface area contributed by atoms with Gasteiger partial charge in [-0.05, 0) is 68.9 Å². The van der Waals surface area contributed by atoms with E-state index in [0.29, 0.717) is 19.4 Å². The number of hydrogen-bond donors (Lipinski definition) is 1. The lowest BCUT2D eigenvalue weighted by atomic mass is 10.0. The molecule has 156 valence electrons. The average molecular weight is 395 g/mol. The molecule has 0 bridgehead atoms. The van der Waals surface area contributed by atoms with Crippen molar-refractivity contribution in [1.82, 2.24) is 10.2 Å². The lowest BCUT2D eigenvalue weighted by molar-refractivity contribution is -0.141. The van der Waals surface area contributed by atoms with E-state index in [9.17, 15) is 9.59 Å². The van der Waals surface area contributed by atoms with Crippen molar-refractivity contribution in [2.24, 2.45) is 0 Å². The molecule has 1 N–H and O–H groups in total. The summed E-state index contributed by atoms with van der Waals surface area (Å²) >= 11 is 0. The molecule has 2 rings (SSSR count). The van der Waals surface area contributed by atoms with Crippen molar-refractivity contribution in [3.8, 4) is 0 Å². The monoisotopic (exact) mass is 394 g/mol. The topological polar surface area (TPSA) is 49.4 Å². The third kappa shape index (κ3) is 6.18. The van der Waals surface area contributed by atoms with Gasteiger partial charge >= 0.3 is 0 Å². The normalized spacial score (nSPS) is 12.0. The molecule has 4 heteroatoms. The number of nitrogens with one attached hydrogen (secondary N) is 1. The molecule has 0 aromatic heterocycles. The molecular formula is C25H34N2O2. The first kappa shape index (κ1) is 22.7. The Morgan fingerprint density at radius 3 is 2.24 bits per heavy atom.